The van der Waals surface area contributed by atoms with E-state index in [2.05, 4.69) is 20.3 Å². The summed E-state index contributed by atoms with van der Waals surface area (Å²) in [5.41, 5.74) is 10.2. The first-order valence-electron chi connectivity index (χ1n) is 4.76. The van der Waals surface area contributed by atoms with Crippen LogP contribution in [0.1, 0.15) is 29.8 Å². The lowest BCUT2D eigenvalue weighted by Gasteiger charge is -2.01. The average Bonchev–Trinajstić information content (AvgIpc) is 2.63. The van der Waals surface area contributed by atoms with Crippen LogP contribution in [0.4, 0.5) is 5.82 Å². The Balaban J connectivity index is 2.21. The molecule has 0 saturated carbocycles. The van der Waals surface area contributed by atoms with Crippen molar-refractivity contribution >= 4 is 17.6 Å². The summed E-state index contributed by atoms with van der Waals surface area (Å²) in [7, 11) is 0. The Hall–Kier alpha value is -2.12. The van der Waals surface area contributed by atoms with Crippen LogP contribution in [0.25, 0.3) is 0 Å². The van der Waals surface area contributed by atoms with Crippen LogP contribution < -0.4 is 16.8 Å². The Morgan fingerprint density at radius 3 is 2.62 bits per heavy atom. The van der Waals surface area contributed by atoms with Crippen LogP contribution in [0.3, 0.4) is 0 Å². The largest absolute Gasteiger partial charge is 0.379 e. The predicted octanol–water partition coefficient (Wildman–Crippen LogP) is -0.963. The lowest BCUT2D eigenvalue weighted by atomic mass is 10.2. The highest BCUT2D eigenvalue weighted by Crippen LogP contribution is 2.03. The van der Waals surface area contributed by atoms with Gasteiger partial charge in [-0.25, -0.2) is 4.63 Å². The maximum atomic E-state index is 11.4. The molecule has 0 unspecified atom stereocenters. The second-order valence-corrected chi connectivity index (χ2v) is 3.18. The molecule has 16 heavy (non-hydrogen) atoms. The molecule has 1 aromatic rings. The molecule has 0 radical (unpaired) electrons. The number of anilines is 1. The van der Waals surface area contributed by atoms with Crippen LogP contribution in [0, 0.1) is 0 Å². The Morgan fingerprint density at radius 1 is 1.31 bits per heavy atom. The van der Waals surface area contributed by atoms with Gasteiger partial charge in [-0.15, -0.1) is 0 Å². The fourth-order valence-corrected chi connectivity index (χ4v) is 1.06. The van der Waals surface area contributed by atoms with E-state index in [1.165, 1.54) is 0 Å². The zero-order valence-electron chi connectivity index (χ0n) is 8.60. The van der Waals surface area contributed by atoms with Gasteiger partial charge in [-0.3, -0.25) is 9.59 Å². The maximum Gasteiger partial charge on any atom is 0.277 e. The molecule has 88 valence electrons. The molecule has 1 aromatic heterocycles. The predicted molar refractivity (Wildman–Crippen MR) is 54.1 cm³/mol. The van der Waals surface area contributed by atoms with E-state index >= 15 is 0 Å². The number of unbranched alkanes of at least 4 members (excludes halogenated alkanes) is 1. The van der Waals surface area contributed by atoms with Gasteiger partial charge in [-0.05, 0) is 23.2 Å². The summed E-state index contributed by atoms with van der Waals surface area (Å²) in [6, 6.07) is 0. The molecule has 2 amide bonds. The lowest BCUT2D eigenvalue weighted by molar-refractivity contribution is -0.118. The molecule has 0 bridgehead atoms. The second kappa shape index (κ2) is 5.69. The highest BCUT2D eigenvalue weighted by molar-refractivity contribution is 5.95. The quantitative estimate of drug-likeness (QED) is 0.535. The third-order valence-electron chi connectivity index (χ3n) is 1.86. The van der Waals surface area contributed by atoms with Gasteiger partial charge in [0, 0.05) is 13.0 Å². The number of primary amides is 1. The summed E-state index contributed by atoms with van der Waals surface area (Å²) in [6.45, 7) is 0.415. The smallest absolute Gasteiger partial charge is 0.277 e. The number of aromatic nitrogens is 2. The molecule has 0 atom stereocenters. The highest BCUT2D eigenvalue weighted by Gasteiger charge is 2.14. The zero-order chi connectivity index (χ0) is 12.0. The van der Waals surface area contributed by atoms with Crippen LogP contribution in [0.5, 0.6) is 0 Å². The highest BCUT2D eigenvalue weighted by atomic mass is 16.6. The maximum absolute atomic E-state index is 11.4. The Morgan fingerprint density at radius 2 is 2.06 bits per heavy atom. The molecule has 0 aromatic carbocycles. The van der Waals surface area contributed by atoms with Gasteiger partial charge in [0.25, 0.3) is 5.91 Å². The van der Waals surface area contributed by atoms with Crippen molar-refractivity contribution in [1.29, 1.82) is 0 Å². The van der Waals surface area contributed by atoms with E-state index in [0.717, 1.165) is 0 Å². The molecule has 8 nitrogen and oxygen atoms in total. The molecule has 0 fully saturated rings. The van der Waals surface area contributed by atoms with Gasteiger partial charge in [-0.1, -0.05) is 0 Å². The molecule has 1 heterocycles. The van der Waals surface area contributed by atoms with Crippen LogP contribution in [-0.2, 0) is 4.79 Å². The van der Waals surface area contributed by atoms with Crippen molar-refractivity contribution in [3.63, 3.8) is 0 Å². The number of carbonyl (C=O) groups is 2. The third kappa shape index (κ3) is 3.56. The first-order chi connectivity index (χ1) is 7.61. The van der Waals surface area contributed by atoms with Crippen molar-refractivity contribution in [2.24, 2.45) is 5.73 Å². The zero-order valence-corrected chi connectivity index (χ0v) is 8.60. The fraction of sp³-hybridized carbons (Fsp3) is 0.500. The van der Waals surface area contributed by atoms with Gasteiger partial charge in [-0.2, -0.15) is 0 Å². The Bertz CT molecular complexity index is 376. The Labute approximate surface area is 91.3 Å². The van der Waals surface area contributed by atoms with E-state index in [4.69, 9.17) is 11.5 Å². The van der Waals surface area contributed by atoms with E-state index in [1.807, 2.05) is 0 Å². The lowest BCUT2D eigenvalue weighted by Crippen LogP contribution is -2.25. The van der Waals surface area contributed by atoms with E-state index in [9.17, 15) is 9.59 Å². The van der Waals surface area contributed by atoms with Crippen molar-refractivity contribution in [2.75, 3.05) is 12.3 Å². The molecule has 0 aliphatic heterocycles. The number of nitrogens with two attached hydrogens (primary N) is 2. The van der Waals surface area contributed by atoms with Gasteiger partial charge in [0.1, 0.15) is 0 Å². The van der Waals surface area contributed by atoms with Crippen molar-refractivity contribution in [2.45, 2.75) is 19.3 Å². The van der Waals surface area contributed by atoms with E-state index in [-0.39, 0.29) is 17.4 Å². The average molecular weight is 227 g/mol. The van der Waals surface area contributed by atoms with Gasteiger partial charge in [0.15, 0.2) is 0 Å². The normalized spacial score (nSPS) is 10.0. The molecular formula is C8H13N5O3. The molecule has 0 saturated heterocycles. The summed E-state index contributed by atoms with van der Waals surface area (Å²) < 4.78 is 4.28. The van der Waals surface area contributed by atoms with Gasteiger partial charge in [0.05, 0.1) is 0 Å². The number of carbonyl (C=O) groups excluding carboxylic acids is 2. The first kappa shape index (κ1) is 12.0. The molecule has 0 aliphatic rings. The molecule has 1 rings (SSSR count). The number of hydrogen-bond donors (Lipinski definition) is 3. The summed E-state index contributed by atoms with van der Waals surface area (Å²) in [4.78, 5) is 21.8. The SMILES string of the molecule is NC(=O)CCCCNC(=O)c1nonc1N. The van der Waals surface area contributed by atoms with Crippen molar-refractivity contribution in [3.8, 4) is 0 Å². The fourth-order valence-electron chi connectivity index (χ4n) is 1.06. The van der Waals surface area contributed by atoms with Gasteiger partial charge in [0.2, 0.25) is 17.4 Å². The molecule has 0 spiro atoms. The van der Waals surface area contributed by atoms with E-state index in [1.54, 1.807) is 0 Å². The number of rotatable bonds is 6. The number of nitrogens with one attached hydrogen (secondary N) is 1. The van der Waals surface area contributed by atoms with Crippen LogP contribution in [0.15, 0.2) is 4.63 Å². The van der Waals surface area contributed by atoms with E-state index in [0.29, 0.717) is 25.8 Å². The topological polar surface area (TPSA) is 137 Å². The monoisotopic (exact) mass is 227 g/mol. The summed E-state index contributed by atoms with van der Waals surface area (Å²) in [5, 5.41) is 9.19. The van der Waals surface area contributed by atoms with Crippen molar-refractivity contribution in [1.82, 2.24) is 15.6 Å². The van der Waals surface area contributed by atoms with Crippen molar-refractivity contribution in [3.05, 3.63) is 5.69 Å². The molecular weight excluding hydrogens is 214 g/mol. The van der Waals surface area contributed by atoms with Crippen LogP contribution in [-0.4, -0.2) is 28.7 Å². The van der Waals surface area contributed by atoms with E-state index < -0.39 is 5.91 Å². The summed E-state index contributed by atoms with van der Waals surface area (Å²) in [6.07, 6.45) is 1.59. The molecule has 0 aliphatic carbocycles. The first-order valence-corrected chi connectivity index (χ1v) is 4.76. The number of hydrogen-bond acceptors (Lipinski definition) is 6. The summed E-state index contributed by atoms with van der Waals surface area (Å²) in [5.74, 6) is -0.844. The van der Waals surface area contributed by atoms with Crippen LogP contribution in [0.2, 0.25) is 0 Å². The minimum absolute atomic E-state index is 0.0325. The summed E-state index contributed by atoms with van der Waals surface area (Å²) >= 11 is 0. The van der Waals surface area contributed by atoms with Gasteiger partial charge >= 0.3 is 0 Å². The number of nitrogen functional groups attached to an aromatic ring is 1. The standard InChI is InChI=1S/C8H13N5O3/c9-5(14)3-1-2-4-11-8(15)6-7(10)13-16-12-6/h1-4H2,(H2,9,14)(H2,10,13)(H,11,15). The minimum atomic E-state index is -0.446. The third-order valence-corrected chi connectivity index (χ3v) is 1.86. The Kier molecular flexibility index (Phi) is 4.25. The van der Waals surface area contributed by atoms with Crippen molar-refractivity contribution < 1.29 is 14.2 Å². The molecule has 5 N–H and O–H groups in total. The van der Waals surface area contributed by atoms with Crippen LogP contribution >= 0.6 is 0 Å². The number of amides is 2. The minimum Gasteiger partial charge on any atom is -0.379 e. The number of nitrogens with zero attached hydrogens (tertiary/aromatic N) is 2. The second-order valence-electron chi connectivity index (χ2n) is 3.18. The van der Waals surface area contributed by atoms with Gasteiger partial charge < -0.3 is 16.8 Å². The molecule has 8 heteroatoms.